The molecule has 2 rings (SSSR count). The van der Waals surface area contributed by atoms with E-state index in [0.29, 0.717) is 18.7 Å². The van der Waals surface area contributed by atoms with E-state index in [9.17, 15) is 4.39 Å². The Morgan fingerprint density at radius 2 is 1.90 bits per heavy atom. The first-order chi connectivity index (χ1) is 10.2. The molecule has 1 aromatic heterocycles. The van der Waals surface area contributed by atoms with Crippen molar-refractivity contribution in [2.45, 2.75) is 33.2 Å². The van der Waals surface area contributed by atoms with Gasteiger partial charge in [-0.15, -0.1) is 0 Å². The topological polar surface area (TPSA) is 47.0 Å². The second kappa shape index (κ2) is 7.02. The Labute approximate surface area is 124 Å². The summed E-state index contributed by atoms with van der Waals surface area (Å²) < 4.78 is 19.5. The van der Waals surface area contributed by atoms with Gasteiger partial charge in [0.1, 0.15) is 12.1 Å². The van der Waals surface area contributed by atoms with Crippen molar-refractivity contribution in [3.8, 4) is 5.75 Å². The van der Waals surface area contributed by atoms with Crippen LogP contribution in [0.2, 0.25) is 0 Å². The Kier molecular flexibility index (Phi) is 5.09. The molecule has 0 spiro atoms. The second-order valence-electron chi connectivity index (χ2n) is 4.70. The van der Waals surface area contributed by atoms with Crippen molar-refractivity contribution in [3.05, 3.63) is 47.7 Å². The molecule has 0 aliphatic rings. The highest BCUT2D eigenvalue weighted by Gasteiger charge is 2.13. The van der Waals surface area contributed by atoms with Crippen LogP contribution in [0.25, 0.3) is 0 Å². The summed E-state index contributed by atoms with van der Waals surface area (Å²) >= 11 is 0. The molecule has 0 saturated heterocycles. The summed E-state index contributed by atoms with van der Waals surface area (Å²) in [6, 6.07) is 7.68. The van der Waals surface area contributed by atoms with Crippen molar-refractivity contribution in [3.63, 3.8) is 0 Å². The Hall–Kier alpha value is -2.17. The third kappa shape index (κ3) is 3.68. The van der Waals surface area contributed by atoms with Crippen LogP contribution in [-0.2, 0) is 6.42 Å². The number of rotatable bonds is 6. The number of nitrogens with zero attached hydrogens (tertiary/aromatic N) is 2. The van der Waals surface area contributed by atoms with E-state index in [2.05, 4.69) is 15.3 Å². The zero-order valence-electron chi connectivity index (χ0n) is 12.6. The minimum atomic E-state index is -0.377. The zero-order chi connectivity index (χ0) is 15.2. The number of ether oxygens (including phenoxy) is 1. The van der Waals surface area contributed by atoms with Gasteiger partial charge in [0.25, 0.3) is 0 Å². The standard InChI is InChI=1S/C16H20FN3O/c1-4-14-15(17)16(19-10-18-14)20-11(3)12-6-8-13(9-7-12)21-5-2/h6-11H,4-5H2,1-3H3,(H,18,19,20). The van der Waals surface area contributed by atoms with E-state index in [1.54, 1.807) is 0 Å². The molecule has 1 heterocycles. The van der Waals surface area contributed by atoms with E-state index in [-0.39, 0.29) is 17.7 Å². The molecule has 21 heavy (non-hydrogen) atoms. The molecule has 1 unspecified atom stereocenters. The van der Waals surface area contributed by atoms with E-state index in [1.165, 1.54) is 6.33 Å². The maximum atomic E-state index is 14.1. The second-order valence-corrected chi connectivity index (χ2v) is 4.70. The lowest BCUT2D eigenvalue weighted by molar-refractivity contribution is 0.340. The number of nitrogens with one attached hydrogen (secondary N) is 1. The average molecular weight is 289 g/mol. The summed E-state index contributed by atoms with van der Waals surface area (Å²) in [4.78, 5) is 7.90. The number of hydrogen-bond acceptors (Lipinski definition) is 4. The number of aromatic nitrogens is 2. The lowest BCUT2D eigenvalue weighted by Gasteiger charge is -2.16. The van der Waals surface area contributed by atoms with Crippen molar-refractivity contribution in [2.75, 3.05) is 11.9 Å². The zero-order valence-corrected chi connectivity index (χ0v) is 12.6. The van der Waals surface area contributed by atoms with Crippen LogP contribution in [0.15, 0.2) is 30.6 Å². The number of aryl methyl sites for hydroxylation is 1. The van der Waals surface area contributed by atoms with Crippen molar-refractivity contribution < 1.29 is 9.13 Å². The van der Waals surface area contributed by atoms with Gasteiger partial charge in [0, 0.05) is 0 Å². The molecule has 1 N–H and O–H groups in total. The molecule has 5 heteroatoms. The van der Waals surface area contributed by atoms with Crippen LogP contribution in [0.5, 0.6) is 5.75 Å². The van der Waals surface area contributed by atoms with Crippen LogP contribution in [0.4, 0.5) is 10.2 Å². The molecular formula is C16H20FN3O. The van der Waals surface area contributed by atoms with Gasteiger partial charge in [0.15, 0.2) is 11.6 Å². The fourth-order valence-electron chi connectivity index (χ4n) is 2.06. The monoisotopic (exact) mass is 289 g/mol. The minimum Gasteiger partial charge on any atom is -0.494 e. The molecule has 2 aromatic rings. The fraction of sp³-hybridized carbons (Fsp3) is 0.375. The van der Waals surface area contributed by atoms with Gasteiger partial charge in [0.2, 0.25) is 0 Å². The third-order valence-electron chi connectivity index (χ3n) is 3.24. The fourth-order valence-corrected chi connectivity index (χ4v) is 2.06. The van der Waals surface area contributed by atoms with Crippen molar-refractivity contribution in [2.24, 2.45) is 0 Å². The Balaban J connectivity index is 2.12. The number of anilines is 1. The van der Waals surface area contributed by atoms with Crippen molar-refractivity contribution >= 4 is 5.82 Å². The third-order valence-corrected chi connectivity index (χ3v) is 3.24. The highest BCUT2D eigenvalue weighted by atomic mass is 19.1. The van der Waals surface area contributed by atoms with Gasteiger partial charge >= 0.3 is 0 Å². The summed E-state index contributed by atoms with van der Waals surface area (Å²) in [5, 5.41) is 3.09. The molecule has 1 aromatic carbocycles. The van der Waals surface area contributed by atoms with E-state index in [1.807, 2.05) is 45.0 Å². The molecule has 0 bridgehead atoms. The predicted molar refractivity (Wildman–Crippen MR) is 81.0 cm³/mol. The summed E-state index contributed by atoms with van der Waals surface area (Å²) in [7, 11) is 0. The number of benzene rings is 1. The summed E-state index contributed by atoms with van der Waals surface area (Å²) in [6.45, 7) is 6.41. The molecule has 0 amide bonds. The van der Waals surface area contributed by atoms with Crippen molar-refractivity contribution in [1.29, 1.82) is 0 Å². The van der Waals surface area contributed by atoms with Gasteiger partial charge < -0.3 is 10.1 Å². The van der Waals surface area contributed by atoms with Crippen LogP contribution >= 0.6 is 0 Å². The van der Waals surface area contributed by atoms with Gasteiger partial charge in [-0.25, -0.2) is 14.4 Å². The molecule has 0 saturated carbocycles. The van der Waals surface area contributed by atoms with Gasteiger partial charge in [-0.2, -0.15) is 0 Å². The van der Waals surface area contributed by atoms with E-state index in [4.69, 9.17) is 4.74 Å². The van der Waals surface area contributed by atoms with Crippen LogP contribution in [0.1, 0.15) is 38.1 Å². The normalized spacial score (nSPS) is 12.0. The van der Waals surface area contributed by atoms with Crippen LogP contribution in [0.3, 0.4) is 0 Å². The maximum absolute atomic E-state index is 14.1. The molecule has 0 aliphatic carbocycles. The SMILES string of the molecule is CCOc1ccc(C(C)Nc2ncnc(CC)c2F)cc1. The Bertz CT molecular complexity index is 587. The summed E-state index contributed by atoms with van der Waals surface area (Å²) in [5.41, 5.74) is 1.46. The molecule has 0 fully saturated rings. The van der Waals surface area contributed by atoms with Crippen LogP contribution in [-0.4, -0.2) is 16.6 Å². The first-order valence-corrected chi connectivity index (χ1v) is 7.14. The molecular weight excluding hydrogens is 269 g/mol. The maximum Gasteiger partial charge on any atom is 0.186 e. The average Bonchev–Trinajstić information content (AvgIpc) is 2.50. The van der Waals surface area contributed by atoms with Gasteiger partial charge in [-0.05, 0) is 38.0 Å². The lowest BCUT2D eigenvalue weighted by atomic mass is 10.1. The number of hydrogen-bond donors (Lipinski definition) is 1. The lowest BCUT2D eigenvalue weighted by Crippen LogP contribution is -2.11. The number of halogens is 1. The molecule has 1 atom stereocenters. The van der Waals surface area contributed by atoms with Gasteiger partial charge in [0.05, 0.1) is 18.3 Å². The summed E-state index contributed by atoms with van der Waals surface area (Å²) in [5.74, 6) is 0.691. The van der Waals surface area contributed by atoms with E-state index < -0.39 is 0 Å². The van der Waals surface area contributed by atoms with Crippen LogP contribution in [0, 0.1) is 5.82 Å². The molecule has 0 radical (unpaired) electrons. The first kappa shape index (κ1) is 15.2. The first-order valence-electron chi connectivity index (χ1n) is 7.14. The minimum absolute atomic E-state index is 0.0604. The molecule has 0 aliphatic heterocycles. The smallest absolute Gasteiger partial charge is 0.186 e. The predicted octanol–water partition coefficient (Wildman–Crippen LogP) is 3.75. The van der Waals surface area contributed by atoms with E-state index in [0.717, 1.165) is 11.3 Å². The van der Waals surface area contributed by atoms with E-state index >= 15 is 0 Å². The highest BCUT2D eigenvalue weighted by Crippen LogP contribution is 2.22. The molecule has 4 nitrogen and oxygen atoms in total. The van der Waals surface area contributed by atoms with Crippen LogP contribution < -0.4 is 10.1 Å². The quantitative estimate of drug-likeness (QED) is 0.879. The Morgan fingerprint density at radius 3 is 2.52 bits per heavy atom. The Morgan fingerprint density at radius 1 is 1.19 bits per heavy atom. The summed E-state index contributed by atoms with van der Waals surface area (Å²) in [6.07, 6.45) is 1.93. The van der Waals surface area contributed by atoms with Crippen molar-refractivity contribution in [1.82, 2.24) is 9.97 Å². The largest absolute Gasteiger partial charge is 0.494 e. The molecule has 112 valence electrons. The highest BCUT2D eigenvalue weighted by molar-refractivity contribution is 5.41. The van der Waals surface area contributed by atoms with Gasteiger partial charge in [-0.3, -0.25) is 0 Å². The van der Waals surface area contributed by atoms with Gasteiger partial charge in [-0.1, -0.05) is 19.1 Å².